The van der Waals surface area contributed by atoms with Gasteiger partial charge in [0.05, 0.1) is 12.5 Å². The summed E-state index contributed by atoms with van der Waals surface area (Å²) in [5, 5.41) is 9.10. The number of rotatable bonds is 5. The predicted octanol–water partition coefficient (Wildman–Crippen LogP) is 1.75. The summed E-state index contributed by atoms with van der Waals surface area (Å²) < 4.78 is 0. The van der Waals surface area contributed by atoms with Crippen molar-refractivity contribution in [3.63, 3.8) is 0 Å². The van der Waals surface area contributed by atoms with Crippen molar-refractivity contribution in [2.45, 2.75) is 26.3 Å². The summed E-state index contributed by atoms with van der Waals surface area (Å²) in [7, 11) is 1.80. The number of nitrogens with zero attached hydrogens (tertiary/aromatic N) is 2. The molecule has 1 aliphatic heterocycles. The molecule has 5 heteroatoms. The second-order valence-electron chi connectivity index (χ2n) is 6.09. The van der Waals surface area contributed by atoms with E-state index in [1.54, 1.807) is 11.9 Å². The van der Waals surface area contributed by atoms with Gasteiger partial charge in [-0.25, -0.2) is 0 Å². The molecule has 0 radical (unpaired) electrons. The summed E-state index contributed by atoms with van der Waals surface area (Å²) >= 11 is 0. The van der Waals surface area contributed by atoms with Gasteiger partial charge < -0.3 is 10.0 Å². The Morgan fingerprint density at radius 3 is 2.77 bits per heavy atom. The first-order valence-corrected chi connectivity index (χ1v) is 7.71. The van der Waals surface area contributed by atoms with E-state index in [0.29, 0.717) is 26.1 Å². The van der Waals surface area contributed by atoms with Gasteiger partial charge in [-0.2, -0.15) is 0 Å². The molecule has 5 nitrogen and oxygen atoms in total. The first-order valence-electron chi connectivity index (χ1n) is 7.71. The van der Waals surface area contributed by atoms with E-state index >= 15 is 0 Å². The van der Waals surface area contributed by atoms with Gasteiger partial charge in [-0.1, -0.05) is 24.3 Å². The van der Waals surface area contributed by atoms with Gasteiger partial charge in [0.1, 0.15) is 0 Å². The van der Waals surface area contributed by atoms with Crippen LogP contribution in [0, 0.1) is 12.8 Å². The number of carbonyl (C=O) groups is 2. The third-order valence-electron chi connectivity index (χ3n) is 4.31. The number of aryl methyl sites for hydroxylation is 1. The second-order valence-corrected chi connectivity index (χ2v) is 6.09. The van der Waals surface area contributed by atoms with E-state index in [9.17, 15) is 9.59 Å². The molecule has 1 amide bonds. The number of hydrogen-bond acceptors (Lipinski definition) is 3. The van der Waals surface area contributed by atoms with Gasteiger partial charge in [0.2, 0.25) is 5.91 Å². The molecule has 0 aromatic heterocycles. The van der Waals surface area contributed by atoms with Crippen LogP contribution in [0.3, 0.4) is 0 Å². The highest BCUT2D eigenvalue weighted by atomic mass is 16.4. The maximum Gasteiger partial charge on any atom is 0.307 e. The molecule has 1 aromatic carbocycles. The molecule has 1 heterocycles. The summed E-state index contributed by atoms with van der Waals surface area (Å²) in [6.07, 6.45) is 1.55. The van der Waals surface area contributed by atoms with E-state index in [1.165, 1.54) is 5.56 Å². The maximum absolute atomic E-state index is 12.3. The number of carboxylic acid groups (broad SMARTS) is 1. The van der Waals surface area contributed by atoms with E-state index in [0.717, 1.165) is 18.5 Å². The van der Waals surface area contributed by atoms with Gasteiger partial charge in [0.25, 0.3) is 0 Å². The van der Waals surface area contributed by atoms with Crippen molar-refractivity contribution in [3.05, 3.63) is 35.4 Å². The van der Waals surface area contributed by atoms with E-state index in [-0.39, 0.29) is 11.8 Å². The number of amides is 1. The molecule has 2 rings (SSSR count). The lowest BCUT2D eigenvalue weighted by molar-refractivity contribution is -0.144. The Hall–Kier alpha value is -1.88. The van der Waals surface area contributed by atoms with Crippen molar-refractivity contribution in [3.8, 4) is 0 Å². The monoisotopic (exact) mass is 304 g/mol. The lowest BCUT2D eigenvalue weighted by Crippen LogP contribution is -2.44. The molecule has 1 aromatic rings. The quantitative estimate of drug-likeness (QED) is 0.900. The van der Waals surface area contributed by atoms with Crippen LogP contribution in [-0.4, -0.2) is 53.5 Å². The zero-order chi connectivity index (χ0) is 16.1. The number of piperidine rings is 1. The van der Waals surface area contributed by atoms with E-state index in [1.807, 2.05) is 36.1 Å². The Kier molecular flexibility index (Phi) is 5.55. The Labute approximate surface area is 131 Å². The third kappa shape index (κ3) is 4.31. The molecule has 0 saturated carbocycles. The molecule has 1 saturated heterocycles. The molecule has 1 aliphatic rings. The standard InChI is InChI=1S/C17H24N2O3/c1-13-6-3-4-7-14(13)10-18(2)16(20)12-19-9-5-8-15(11-19)17(21)22/h3-4,6-7,15H,5,8-12H2,1-2H3,(H,21,22)/t15-/m0/s1. The van der Waals surface area contributed by atoms with Crippen molar-refractivity contribution in [2.75, 3.05) is 26.7 Å². The SMILES string of the molecule is Cc1ccccc1CN(C)C(=O)CN1CCC[C@H](C(=O)O)C1. The summed E-state index contributed by atoms with van der Waals surface area (Å²) in [6.45, 7) is 4.19. The highest BCUT2D eigenvalue weighted by molar-refractivity contribution is 5.78. The average Bonchev–Trinajstić information content (AvgIpc) is 2.49. The van der Waals surface area contributed by atoms with Crippen LogP contribution in [-0.2, 0) is 16.1 Å². The largest absolute Gasteiger partial charge is 0.481 e. The highest BCUT2D eigenvalue weighted by Crippen LogP contribution is 2.17. The van der Waals surface area contributed by atoms with Gasteiger partial charge in [-0.05, 0) is 37.4 Å². The normalized spacial score (nSPS) is 18.9. The van der Waals surface area contributed by atoms with Crippen LogP contribution in [0.4, 0.5) is 0 Å². The first-order chi connectivity index (χ1) is 10.5. The molecule has 1 atom stereocenters. The van der Waals surface area contributed by atoms with Crippen molar-refractivity contribution >= 4 is 11.9 Å². The lowest BCUT2D eigenvalue weighted by Gasteiger charge is -2.31. The fourth-order valence-corrected chi connectivity index (χ4v) is 2.84. The van der Waals surface area contributed by atoms with Crippen LogP contribution in [0.25, 0.3) is 0 Å². The number of likely N-dealkylation sites (tertiary alicyclic amines) is 1. The fraction of sp³-hybridized carbons (Fsp3) is 0.529. The molecular formula is C17H24N2O3. The van der Waals surface area contributed by atoms with Crippen molar-refractivity contribution < 1.29 is 14.7 Å². The van der Waals surface area contributed by atoms with Crippen LogP contribution >= 0.6 is 0 Å². The summed E-state index contributed by atoms with van der Waals surface area (Å²) in [4.78, 5) is 27.1. The van der Waals surface area contributed by atoms with E-state index in [2.05, 4.69) is 0 Å². The minimum Gasteiger partial charge on any atom is -0.481 e. The van der Waals surface area contributed by atoms with Crippen molar-refractivity contribution in [1.29, 1.82) is 0 Å². The molecule has 120 valence electrons. The van der Waals surface area contributed by atoms with Crippen LogP contribution < -0.4 is 0 Å². The summed E-state index contributed by atoms with van der Waals surface area (Å²) in [5.74, 6) is -1.07. The fourth-order valence-electron chi connectivity index (χ4n) is 2.84. The Balaban J connectivity index is 1.88. The Morgan fingerprint density at radius 2 is 2.09 bits per heavy atom. The van der Waals surface area contributed by atoms with Crippen LogP contribution in [0.1, 0.15) is 24.0 Å². The number of likely N-dealkylation sites (N-methyl/N-ethyl adjacent to an activating group) is 1. The van der Waals surface area contributed by atoms with Crippen LogP contribution in [0.5, 0.6) is 0 Å². The number of hydrogen-bond donors (Lipinski definition) is 1. The zero-order valence-electron chi connectivity index (χ0n) is 13.3. The molecule has 0 spiro atoms. The average molecular weight is 304 g/mol. The smallest absolute Gasteiger partial charge is 0.307 e. The van der Waals surface area contributed by atoms with Crippen LogP contribution in [0.2, 0.25) is 0 Å². The van der Waals surface area contributed by atoms with E-state index in [4.69, 9.17) is 5.11 Å². The lowest BCUT2D eigenvalue weighted by atomic mass is 9.98. The van der Waals surface area contributed by atoms with E-state index < -0.39 is 5.97 Å². The number of carboxylic acids is 1. The third-order valence-corrected chi connectivity index (χ3v) is 4.31. The minimum absolute atomic E-state index is 0.0364. The summed E-state index contributed by atoms with van der Waals surface area (Å²) in [5.41, 5.74) is 2.31. The molecule has 1 N–H and O–H groups in total. The van der Waals surface area contributed by atoms with Gasteiger partial charge in [0, 0.05) is 20.1 Å². The first kappa shape index (κ1) is 16.5. The number of carbonyl (C=O) groups excluding carboxylic acids is 1. The highest BCUT2D eigenvalue weighted by Gasteiger charge is 2.27. The molecule has 0 aliphatic carbocycles. The number of benzene rings is 1. The molecule has 0 unspecified atom stereocenters. The molecule has 22 heavy (non-hydrogen) atoms. The van der Waals surface area contributed by atoms with Crippen molar-refractivity contribution in [1.82, 2.24) is 9.80 Å². The van der Waals surface area contributed by atoms with Gasteiger partial charge in [-0.15, -0.1) is 0 Å². The molecule has 0 bridgehead atoms. The Bertz CT molecular complexity index is 544. The van der Waals surface area contributed by atoms with Gasteiger partial charge in [-0.3, -0.25) is 14.5 Å². The second kappa shape index (κ2) is 7.40. The number of aliphatic carboxylic acids is 1. The Morgan fingerprint density at radius 1 is 1.36 bits per heavy atom. The van der Waals surface area contributed by atoms with Gasteiger partial charge >= 0.3 is 5.97 Å². The maximum atomic E-state index is 12.3. The van der Waals surface area contributed by atoms with Gasteiger partial charge in [0.15, 0.2) is 0 Å². The topological polar surface area (TPSA) is 60.9 Å². The minimum atomic E-state index is -0.759. The molecular weight excluding hydrogens is 280 g/mol. The zero-order valence-corrected chi connectivity index (χ0v) is 13.3. The predicted molar refractivity (Wildman–Crippen MR) is 84.5 cm³/mol. The summed E-state index contributed by atoms with van der Waals surface area (Å²) in [6, 6.07) is 8.03. The molecule has 1 fully saturated rings. The van der Waals surface area contributed by atoms with Crippen molar-refractivity contribution in [2.24, 2.45) is 5.92 Å². The van der Waals surface area contributed by atoms with Crippen LogP contribution in [0.15, 0.2) is 24.3 Å².